The number of allylic oxidation sites excluding steroid dienone is 5. The molecule has 0 fully saturated rings. The Labute approximate surface area is 321 Å². The van der Waals surface area contributed by atoms with Crippen molar-refractivity contribution in [2.45, 2.75) is 25.7 Å². The maximum atomic E-state index is 9.68. The lowest BCUT2D eigenvalue weighted by molar-refractivity contribution is 0.721. The summed E-state index contributed by atoms with van der Waals surface area (Å²) in [5, 5.41) is 14.8. The molecule has 4 heteroatoms. The summed E-state index contributed by atoms with van der Waals surface area (Å²) < 4.78 is 1.34. The molecule has 54 heavy (non-hydrogen) atoms. The lowest BCUT2D eigenvalue weighted by Crippen LogP contribution is -2.06. The number of para-hydroxylation sites is 1. The monoisotopic (exact) mass is 713 g/mol. The molecule has 9 rings (SSSR count). The standard InChI is InChI=1S/C50H39N3S/c1-32-24-45(50-46(25-32)44-19-3-5-21-49(44)54-50)40-22-23-43(48(30-40)53-41-17-6-10-33(26-41)31-51)39-16-9-14-37(29-39)35-12-7-11-34(27-35)36-13-8-15-38(28-36)42-18-2-4-20-47(42)52/h2-24,26,28-30,32,35,53H,25,27,52H2,1H3. The van der Waals surface area contributed by atoms with Crippen molar-refractivity contribution < 1.29 is 0 Å². The zero-order valence-corrected chi connectivity index (χ0v) is 30.9. The zero-order chi connectivity index (χ0) is 36.6. The maximum Gasteiger partial charge on any atom is 0.0992 e. The number of fused-ring (bicyclic) bond motifs is 3. The van der Waals surface area contributed by atoms with Crippen molar-refractivity contribution in [3.8, 4) is 28.3 Å². The fourth-order valence-corrected chi connectivity index (χ4v) is 9.36. The molecule has 0 saturated carbocycles. The minimum absolute atomic E-state index is 0.235. The number of hydrogen-bond acceptors (Lipinski definition) is 4. The highest BCUT2D eigenvalue weighted by atomic mass is 32.1. The zero-order valence-electron chi connectivity index (χ0n) is 30.1. The third-order valence-corrected chi connectivity index (χ3v) is 12.0. The average molecular weight is 714 g/mol. The van der Waals surface area contributed by atoms with E-state index in [2.05, 4.69) is 140 Å². The number of hydrogen-bond donors (Lipinski definition) is 2. The Hall–Kier alpha value is -6.41. The molecule has 1 aromatic heterocycles. The third-order valence-electron chi connectivity index (χ3n) is 10.7. The van der Waals surface area contributed by atoms with Gasteiger partial charge in [-0.3, -0.25) is 0 Å². The van der Waals surface area contributed by atoms with Gasteiger partial charge in [-0.2, -0.15) is 5.26 Å². The summed E-state index contributed by atoms with van der Waals surface area (Å²) in [6.45, 7) is 2.32. The number of nitriles is 1. The SMILES string of the molecule is CC1C=C(c2ccc(-c3cccc(C4C=CC=C(c5cccc(-c6ccccc6N)c5)C4)c3)c(Nc3cccc(C#N)c3)c2)c2sc3ccccc3c2C1. The van der Waals surface area contributed by atoms with Crippen molar-refractivity contribution in [3.05, 3.63) is 197 Å². The van der Waals surface area contributed by atoms with Gasteiger partial charge in [0.2, 0.25) is 0 Å². The van der Waals surface area contributed by atoms with Crippen molar-refractivity contribution in [2.75, 3.05) is 11.1 Å². The van der Waals surface area contributed by atoms with Crippen LogP contribution in [-0.2, 0) is 6.42 Å². The summed E-state index contributed by atoms with van der Waals surface area (Å²) in [5.41, 5.74) is 21.9. The van der Waals surface area contributed by atoms with Gasteiger partial charge in [-0.1, -0.05) is 128 Å². The first-order valence-electron chi connectivity index (χ1n) is 18.6. The van der Waals surface area contributed by atoms with Crippen LogP contribution >= 0.6 is 11.3 Å². The maximum absolute atomic E-state index is 9.68. The summed E-state index contributed by atoms with van der Waals surface area (Å²) in [5.74, 6) is 0.672. The molecule has 0 amide bonds. The van der Waals surface area contributed by atoms with Crippen LogP contribution in [0.3, 0.4) is 0 Å². The third kappa shape index (κ3) is 6.45. The first kappa shape index (κ1) is 33.4. The summed E-state index contributed by atoms with van der Waals surface area (Å²) in [6, 6.07) is 51.4. The van der Waals surface area contributed by atoms with Crippen LogP contribution in [0.5, 0.6) is 0 Å². The highest BCUT2D eigenvalue weighted by Gasteiger charge is 2.24. The first-order chi connectivity index (χ1) is 26.5. The molecule has 2 unspecified atom stereocenters. The Morgan fingerprint density at radius 3 is 2.41 bits per heavy atom. The molecule has 1 heterocycles. The molecular formula is C50H39N3S. The molecule has 0 spiro atoms. The van der Waals surface area contributed by atoms with Gasteiger partial charge in [-0.05, 0) is 111 Å². The molecule has 6 aromatic carbocycles. The van der Waals surface area contributed by atoms with E-state index < -0.39 is 0 Å². The van der Waals surface area contributed by atoms with E-state index in [1.807, 2.05) is 53.8 Å². The second-order valence-corrected chi connectivity index (χ2v) is 15.5. The molecule has 0 saturated heterocycles. The molecule has 7 aromatic rings. The molecular weight excluding hydrogens is 675 g/mol. The van der Waals surface area contributed by atoms with Gasteiger partial charge in [0.15, 0.2) is 0 Å². The Morgan fingerprint density at radius 2 is 1.52 bits per heavy atom. The number of anilines is 3. The van der Waals surface area contributed by atoms with E-state index in [1.165, 1.54) is 48.4 Å². The Morgan fingerprint density at radius 1 is 0.722 bits per heavy atom. The van der Waals surface area contributed by atoms with E-state index in [9.17, 15) is 5.26 Å². The molecule has 0 bridgehead atoms. The van der Waals surface area contributed by atoms with E-state index in [1.54, 1.807) is 0 Å². The Balaban J connectivity index is 1.07. The van der Waals surface area contributed by atoms with Crippen LogP contribution in [0.2, 0.25) is 0 Å². The quantitative estimate of drug-likeness (QED) is 0.162. The molecule has 0 radical (unpaired) electrons. The van der Waals surface area contributed by atoms with Crippen LogP contribution < -0.4 is 11.1 Å². The van der Waals surface area contributed by atoms with Gasteiger partial charge in [0, 0.05) is 43.7 Å². The predicted molar refractivity (Wildman–Crippen MR) is 229 cm³/mol. The number of rotatable bonds is 7. The fraction of sp³-hybridized carbons (Fsp3) is 0.100. The fourth-order valence-electron chi connectivity index (χ4n) is 8.08. The molecule has 0 aliphatic heterocycles. The van der Waals surface area contributed by atoms with Gasteiger partial charge >= 0.3 is 0 Å². The van der Waals surface area contributed by atoms with Crippen LogP contribution in [0.1, 0.15) is 52.0 Å². The van der Waals surface area contributed by atoms with Gasteiger partial charge < -0.3 is 11.1 Å². The summed E-state index contributed by atoms with van der Waals surface area (Å²) in [7, 11) is 0. The normalized spacial score (nSPS) is 16.3. The summed E-state index contributed by atoms with van der Waals surface area (Å²) >= 11 is 1.90. The van der Waals surface area contributed by atoms with Crippen LogP contribution in [0.15, 0.2) is 164 Å². The molecule has 3 N–H and O–H groups in total. The molecule has 2 aliphatic rings. The molecule has 3 nitrogen and oxygen atoms in total. The van der Waals surface area contributed by atoms with Crippen LogP contribution in [0.25, 0.3) is 43.5 Å². The van der Waals surface area contributed by atoms with E-state index in [0.29, 0.717) is 11.5 Å². The minimum Gasteiger partial charge on any atom is -0.398 e. The van der Waals surface area contributed by atoms with Gasteiger partial charge in [0.05, 0.1) is 11.6 Å². The lowest BCUT2D eigenvalue weighted by Gasteiger charge is -2.22. The Bertz CT molecular complexity index is 2700. The number of nitrogens with zero attached hydrogens (tertiary/aromatic N) is 1. The molecule has 2 atom stereocenters. The van der Waals surface area contributed by atoms with Crippen molar-refractivity contribution >= 4 is 49.6 Å². The van der Waals surface area contributed by atoms with Crippen LogP contribution in [-0.4, -0.2) is 0 Å². The predicted octanol–water partition coefficient (Wildman–Crippen LogP) is 13.2. The van der Waals surface area contributed by atoms with Gasteiger partial charge in [-0.15, -0.1) is 11.3 Å². The minimum atomic E-state index is 0.235. The van der Waals surface area contributed by atoms with E-state index in [-0.39, 0.29) is 5.92 Å². The number of nitrogens with two attached hydrogens (primary N) is 1. The van der Waals surface area contributed by atoms with Gasteiger partial charge in [0.25, 0.3) is 0 Å². The van der Waals surface area contributed by atoms with Crippen LogP contribution in [0.4, 0.5) is 17.1 Å². The average Bonchev–Trinajstić information content (AvgIpc) is 3.59. The Kier molecular flexibility index (Phi) is 8.79. The summed E-state index contributed by atoms with van der Waals surface area (Å²) in [6.07, 6.45) is 11.2. The van der Waals surface area contributed by atoms with Crippen molar-refractivity contribution in [1.29, 1.82) is 5.26 Å². The van der Waals surface area contributed by atoms with Gasteiger partial charge in [-0.25, -0.2) is 0 Å². The van der Waals surface area contributed by atoms with E-state index in [0.717, 1.165) is 52.2 Å². The smallest absolute Gasteiger partial charge is 0.0992 e. The topological polar surface area (TPSA) is 61.8 Å². The first-order valence-corrected chi connectivity index (χ1v) is 19.4. The highest BCUT2D eigenvalue weighted by molar-refractivity contribution is 7.20. The van der Waals surface area contributed by atoms with E-state index in [4.69, 9.17) is 5.73 Å². The highest BCUT2D eigenvalue weighted by Crippen LogP contribution is 2.45. The lowest BCUT2D eigenvalue weighted by atomic mass is 9.83. The number of nitrogens with one attached hydrogen (secondary N) is 1. The van der Waals surface area contributed by atoms with Crippen molar-refractivity contribution in [2.24, 2.45) is 5.92 Å². The largest absolute Gasteiger partial charge is 0.398 e. The van der Waals surface area contributed by atoms with E-state index >= 15 is 0 Å². The number of thiophene rings is 1. The van der Waals surface area contributed by atoms with Crippen molar-refractivity contribution in [3.63, 3.8) is 0 Å². The second-order valence-electron chi connectivity index (χ2n) is 14.4. The second kappa shape index (κ2) is 14.2. The molecule has 2 aliphatic carbocycles. The number of benzene rings is 6. The number of nitrogen functional groups attached to an aromatic ring is 1. The summed E-state index contributed by atoms with van der Waals surface area (Å²) in [4.78, 5) is 1.37. The van der Waals surface area contributed by atoms with Gasteiger partial charge in [0.1, 0.15) is 0 Å². The van der Waals surface area contributed by atoms with Crippen molar-refractivity contribution in [1.82, 2.24) is 0 Å². The van der Waals surface area contributed by atoms with Crippen LogP contribution in [0, 0.1) is 17.2 Å². The molecule has 260 valence electrons.